The Balaban J connectivity index is 1.84. The number of carbonyl (C=O) groups excluding carboxylic acids is 1. The normalized spacial score (nSPS) is 16.3. The molecule has 0 aromatic heterocycles. The highest BCUT2D eigenvalue weighted by Gasteiger charge is 2.09. The van der Waals surface area contributed by atoms with Crippen molar-refractivity contribution in [2.24, 2.45) is 0 Å². The standard InChI is InChI=1S/C12H25N3O2/c1-17-11-7-14-12(16)4-5-13-6-10-15-8-2-3-9-15/h13H,2-11H2,1H3,(H,14,16). The van der Waals surface area contributed by atoms with Gasteiger partial charge in [0.1, 0.15) is 0 Å². The third-order valence-corrected chi connectivity index (χ3v) is 2.96. The van der Waals surface area contributed by atoms with Crippen molar-refractivity contribution in [3.8, 4) is 0 Å². The highest BCUT2D eigenvalue weighted by atomic mass is 16.5. The van der Waals surface area contributed by atoms with Crippen LogP contribution in [0.3, 0.4) is 0 Å². The molecule has 0 saturated carbocycles. The molecule has 5 nitrogen and oxygen atoms in total. The third-order valence-electron chi connectivity index (χ3n) is 2.96. The van der Waals surface area contributed by atoms with E-state index in [-0.39, 0.29) is 5.91 Å². The first kappa shape index (κ1) is 14.4. The zero-order valence-electron chi connectivity index (χ0n) is 10.8. The fraction of sp³-hybridized carbons (Fsp3) is 0.917. The van der Waals surface area contributed by atoms with E-state index in [2.05, 4.69) is 15.5 Å². The lowest BCUT2D eigenvalue weighted by Gasteiger charge is -2.14. The van der Waals surface area contributed by atoms with E-state index in [9.17, 15) is 4.79 Å². The number of rotatable bonds is 9. The molecular weight excluding hydrogens is 218 g/mol. The molecule has 5 heteroatoms. The lowest BCUT2D eigenvalue weighted by Crippen LogP contribution is -2.33. The lowest BCUT2D eigenvalue weighted by atomic mass is 10.4. The second-order valence-corrected chi connectivity index (χ2v) is 4.39. The molecule has 1 rings (SSSR count). The van der Waals surface area contributed by atoms with Gasteiger partial charge in [-0.3, -0.25) is 4.79 Å². The van der Waals surface area contributed by atoms with E-state index >= 15 is 0 Å². The molecule has 0 aliphatic carbocycles. The predicted molar refractivity (Wildman–Crippen MR) is 68.0 cm³/mol. The van der Waals surface area contributed by atoms with Crippen molar-refractivity contribution in [1.82, 2.24) is 15.5 Å². The van der Waals surface area contributed by atoms with E-state index in [0.29, 0.717) is 19.6 Å². The van der Waals surface area contributed by atoms with Crippen LogP contribution in [0, 0.1) is 0 Å². The summed E-state index contributed by atoms with van der Waals surface area (Å²) in [5.74, 6) is 0.0933. The molecule has 1 amide bonds. The molecule has 100 valence electrons. The largest absolute Gasteiger partial charge is 0.383 e. The first-order valence-electron chi connectivity index (χ1n) is 6.51. The molecule has 17 heavy (non-hydrogen) atoms. The summed E-state index contributed by atoms with van der Waals surface area (Å²) in [6.07, 6.45) is 3.22. The molecule has 1 saturated heterocycles. The Morgan fingerprint density at radius 3 is 2.71 bits per heavy atom. The highest BCUT2D eigenvalue weighted by molar-refractivity contribution is 5.75. The SMILES string of the molecule is COCCNC(=O)CCNCCN1CCCC1. The second kappa shape index (κ2) is 9.39. The summed E-state index contributed by atoms with van der Waals surface area (Å²) >= 11 is 0. The first-order valence-corrected chi connectivity index (χ1v) is 6.51. The second-order valence-electron chi connectivity index (χ2n) is 4.39. The predicted octanol–water partition coefficient (Wildman–Crippen LogP) is -0.175. The number of nitrogens with zero attached hydrogens (tertiary/aromatic N) is 1. The van der Waals surface area contributed by atoms with E-state index < -0.39 is 0 Å². The Hall–Kier alpha value is -0.650. The van der Waals surface area contributed by atoms with Crippen LogP contribution < -0.4 is 10.6 Å². The molecule has 1 aliphatic heterocycles. The molecule has 1 fully saturated rings. The van der Waals surface area contributed by atoms with Crippen LogP contribution in [0.25, 0.3) is 0 Å². The van der Waals surface area contributed by atoms with Gasteiger partial charge in [0.15, 0.2) is 0 Å². The number of methoxy groups -OCH3 is 1. The van der Waals surface area contributed by atoms with Crippen LogP contribution >= 0.6 is 0 Å². The summed E-state index contributed by atoms with van der Waals surface area (Å²) < 4.78 is 4.86. The Morgan fingerprint density at radius 2 is 2.00 bits per heavy atom. The summed E-state index contributed by atoms with van der Waals surface area (Å²) in [6.45, 7) is 6.49. The first-order chi connectivity index (χ1) is 8.33. The van der Waals surface area contributed by atoms with E-state index in [0.717, 1.165) is 19.6 Å². The quantitative estimate of drug-likeness (QED) is 0.552. The van der Waals surface area contributed by atoms with Crippen LogP contribution in [-0.2, 0) is 9.53 Å². The molecule has 1 aliphatic rings. The minimum absolute atomic E-state index is 0.0933. The summed E-state index contributed by atoms with van der Waals surface area (Å²) in [5.41, 5.74) is 0. The van der Waals surface area contributed by atoms with Crippen LogP contribution in [0.15, 0.2) is 0 Å². The van der Waals surface area contributed by atoms with Crippen molar-refractivity contribution in [1.29, 1.82) is 0 Å². The Kier molecular flexibility index (Phi) is 7.96. The zero-order valence-corrected chi connectivity index (χ0v) is 10.8. The number of amides is 1. The molecule has 0 aromatic rings. The van der Waals surface area contributed by atoms with Gasteiger partial charge < -0.3 is 20.3 Å². The van der Waals surface area contributed by atoms with Crippen molar-refractivity contribution < 1.29 is 9.53 Å². The maximum atomic E-state index is 11.3. The van der Waals surface area contributed by atoms with Gasteiger partial charge in [-0.05, 0) is 25.9 Å². The maximum absolute atomic E-state index is 11.3. The van der Waals surface area contributed by atoms with Crippen molar-refractivity contribution in [2.75, 3.05) is 53.0 Å². The van der Waals surface area contributed by atoms with Crippen molar-refractivity contribution >= 4 is 5.91 Å². The van der Waals surface area contributed by atoms with E-state index in [1.165, 1.54) is 25.9 Å². The number of hydrogen-bond donors (Lipinski definition) is 2. The van der Waals surface area contributed by atoms with Gasteiger partial charge >= 0.3 is 0 Å². The average molecular weight is 243 g/mol. The molecule has 0 bridgehead atoms. The van der Waals surface area contributed by atoms with Crippen molar-refractivity contribution in [2.45, 2.75) is 19.3 Å². The Bertz CT molecular complexity index is 206. The van der Waals surface area contributed by atoms with Gasteiger partial charge in [0.05, 0.1) is 6.61 Å². The van der Waals surface area contributed by atoms with E-state index in [4.69, 9.17) is 4.74 Å². The molecule has 1 heterocycles. The number of ether oxygens (including phenoxy) is 1. The van der Waals surface area contributed by atoms with E-state index in [1.54, 1.807) is 7.11 Å². The van der Waals surface area contributed by atoms with Gasteiger partial charge in [-0.2, -0.15) is 0 Å². The van der Waals surface area contributed by atoms with Crippen LogP contribution in [-0.4, -0.2) is 63.8 Å². The van der Waals surface area contributed by atoms with Gasteiger partial charge in [-0.1, -0.05) is 0 Å². The van der Waals surface area contributed by atoms with Crippen LogP contribution in [0.1, 0.15) is 19.3 Å². The van der Waals surface area contributed by atoms with E-state index in [1.807, 2.05) is 0 Å². The van der Waals surface area contributed by atoms with Crippen LogP contribution in [0.4, 0.5) is 0 Å². The summed E-state index contributed by atoms with van der Waals surface area (Å²) in [5, 5.41) is 6.10. The molecule has 0 unspecified atom stereocenters. The summed E-state index contributed by atoms with van der Waals surface area (Å²) in [6, 6.07) is 0. The third kappa shape index (κ3) is 7.31. The molecule has 0 atom stereocenters. The van der Waals surface area contributed by atoms with Crippen molar-refractivity contribution in [3.63, 3.8) is 0 Å². The fourth-order valence-corrected chi connectivity index (χ4v) is 1.95. The summed E-state index contributed by atoms with van der Waals surface area (Å²) in [4.78, 5) is 13.8. The highest BCUT2D eigenvalue weighted by Crippen LogP contribution is 2.05. The smallest absolute Gasteiger partial charge is 0.221 e. The number of nitrogens with one attached hydrogen (secondary N) is 2. The lowest BCUT2D eigenvalue weighted by molar-refractivity contribution is -0.121. The number of hydrogen-bond acceptors (Lipinski definition) is 4. The van der Waals surface area contributed by atoms with Gasteiger partial charge in [0.25, 0.3) is 0 Å². The maximum Gasteiger partial charge on any atom is 0.221 e. The Labute approximate surface area is 104 Å². The summed E-state index contributed by atoms with van der Waals surface area (Å²) in [7, 11) is 1.63. The average Bonchev–Trinajstić information content (AvgIpc) is 2.82. The topological polar surface area (TPSA) is 53.6 Å². The molecular formula is C12H25N3O2. The molecule has 2 N–H and O–H groups in total. The van der Waals surface area contributed by atoms with Crippen LogP contribution in [0.2, 0.25) is 0 Å². The van der Waals surface area contributed by atoms with Crippen LogP contribution in [0.5, 0.6) is 0 Å². The Morgan fingerprint density at radius 1 is 1.24 bits per heavy atom. The van der Waals surface area contributed by atoms with Gasteiger partial charge in [-0.15, -0.1) is 0 Å². The zero-order chi connectivity index (χ0) is 12.3. The van der Waals surface area contributed by atoms with Gasteiger partial charge in [0, 0.05) is 39.7 Å². The minimum Gasteiger partial charge on any atom is -0.383 e. The fourth-order valence-electron chi connectivity index (χ4n) is 1.95. The molecule has 0 aromatic carbocycles. The number of carbonyl (C=O) groups is 1. The minimum atomic E-state index is 0.0933. The molecule has 0 radical (unpaired) electrons. The van der Waals surface area contributed by atoms with Gasteiger partial charge in [0.2, 0.25) is 5.91 Å². The number of likely N-dealkylation sites (tertiary alicyclic amines) is 1. The van der Waals surface area contributed by atoms with Crippen molar-refractivity contribution in [3.05, 3.63) is 0 Å². The van der Waals surface area contributed by atoms with Gasteiger partial charge in [-0.25, -0.2) is 0 Å². The monoisotopic (exact) mass is 243 g/mol. The molecule has 0 spiro atoms.